The van der Waals surface area contributed by atoms with Gasteiger partial charge in [0.1, 0.15) is 17.3 Å². The number of ether oxygens (including phenoxy) is 1. The first kappa shape index (κ1) is 20.3. The van der Waals surface area contributed by atoms with E-state index >= 15 is 0 Å². The molecule has 0 aliphatic heterocycles. The average molecular weight is 438 g/mol. The van der Waals surface area contributed by atoms with Crippen molar-refractivity contribution in [3.8, 4) is 17.1 Å². The highest BCUT2D eigenvalue weighted by molar-refractivity contribution is 6.43. The molecule has 3 aromatic rings. The minimum atomic E-state index is -0.407. The number of hydrazone groups is 1. The van der Waals surface area contributed by atoms with E-state index in [1.165, 1.54) is 6.21 Å². The second-order valence-corrected chi connectivity index (χ2v) is 7.02. The SMILES string of the molecule is Cc1cc(Cl)ccc1OCC(=O)NN=Cc1ccc(-c2cccc(Cl)c2Cl)o1. The van der Waals surface area contributed by atoms with Crippen LogP contribution in [0.3, 0.4) is 0 Å². The van der Waals surface area contributed by atoms with Crippen LogP contribution in [0.4, 0.5) is 0 Å². The van der Waals surface area contributed by atoms with Gasteiger partial charge < -0.3 is 9.15 Å². The third-order valence-corrected chi connectivity index (χ3v) is 4.77. The minimum Gasteiger partial charge on any atom is -0.483 e. The highest BCUT2D eigenvalue weighted by Crippen LogP contribution is 2.34. The lowest BCUT2D eigenvalue weighted by molar-refractivity contribution is -0.123. The van der Waals surface area contributed by atoms with Gasteiger partial charge in [0.05, 0.1) is 16.3 Å². The molecule has 2 aromatic carbocycles. The van der Waals surface area contributed by atoms with E-state index in [-0.39, 0.29) is 6.61 Å². The molecule has 0 aliphatic carbocycles. The number of nitrogens with one attached hydrogen (secondary N) is 1. The molecule has 0 saturated heterocycles. The molecule has 1 heterocycles. The Bertz CT molecular complexity index is 1030. The Morgan fingerprint density at radius 2 is 2.00 bits per heavy atom. The number of benzene rings is 2. The Balaban J connectivity index is 1.55. The summed E-state index contributed by atoms with van der Waals surface area (Å²) in [5.41, 5.74) is 3.88. The van der Waals surface area contributed by atoms with Crippen molar-refractivity contribution in [3.63, 3.8) is 0 Å². The van der Waals surface area contributed by atoms with Crippen molar-refractivity contribution in [2.75, 3.05) is 6.61 Å². The molecule has 0 aliphatic rings. The summed E-state index contributed by atoms with van der Waals surface area (Å²) in [6.07, 6.45) is 1.38. The van der Waals surface area contributed by atoms with Crippen molar-refractivity contribution < 1.29 is 13.9 Å². The van der Waals surface area contributed by atoms with Gasteiger partial charge in [-0.3, -0.25) is 4.79 Å². The molecule has 0 atom stereocenters. The molecule has 0 radical (unpaired) electrons. The first-order chi connectivity index (χ1) is 13.4. The number of hydrogen-bond acceptors (Lipinski definition) is 4. The van der Waals surface area contributed by atoms with E-state index in [2.05, 4.69) is 10.5 Å². The van der Waals surface area contributed by atoms with Gasteiger partial charge in [0.25, 0.3) is 5.91 Å². The number of carbonyl (C=O) groups is 1. The third kappa shape index (κ3) is 5.07. The first-order valence-electron chi connectivity index (χ1n) is 8.19. The fraction of sp³-hybridized carbons (Fsp3) is 0.100. The van der Waals surface area contributed by atoms with Gasteiger partial charge in [0.15, 0.2) is 6.61 Å². The number of furan rings is 1. The predicted molar refractivity (Wildman–Crippen MR) is 112 cm³/mol. The van der Waals surface area contributed by atoms with Gasteiger partial charge in [-0.1, -0.05) is 40.9 Å². The maximum Gasteiger partial charge on any atom is 0.277 e. The van der Waals surface area contributed by atoms with Crippen molar-refractivity contribution in [2.24, 2.45) is 5.10 Å². The molecule has 1 amide bonds. The number of aryl methyl sites for hydroxylation is 1. The molecule has 0 fully saturated rings. The fourth-order valence-corrected chi connectivity index (χ4v) is 3.00. The molecule has 144 valence electrons. The summed E-state index contributed by atoms with van der Waals surface area (Å²) < 4.78 is 11.1. The number of nitrogens with zero attached hydrogens (tertiary/aromatic N) is 1. The minimum absolute atomic E-state index is 0.179. The number of hydrogen-bond donors (Lipinski definition) is 1. The molecule has 3 rings (SSSR count). The summed E-state index contributed by atoms with van der Waals surface area (Å²) in [5, 5.41) is 5.31. The standard InChI is InChI=1S/C20H15Cl3N2O3/c1-12-9-13(21)5-7-17(12)27-11-19(26)25-24-10-14-6-8-18(28-14)15-3-2-4-16(22)20(15)23/h2-10H,11H2,1H3,(H,25,26). The largest absolute Gasteiger partial charge is 0.483 e. The van der Waals surface area contributed by atoms with Gasteiger partial charge in [0, 0.05) is 10.6 Å². The fourth-order valence-electron chi connectivity index (χ4n) is 2.38. The van der Waals surface area contributed by atoms with E-state index in [9.17, 15) is 4.79 Å². The Morgan fingerprint density at radius 3 is 2.79 bits per heavy atom. The molecular formula is C20H15Cl3N2O3. The Labute approximate surface area is 176 Å². The molecule has 5 nitrogen and oxygen atoms in total. The van der Waals surface area contributed by atoms with Crippen LogP contribution in [0.1, 0.15) is 11.3 Å². The highest BCUT2D eigenvalue weighted by atomic mass is 35.5. The van der Waals surface area contributed by atoms with Crippen LogP contribution in [0.5, 0.6) is 5.75 Å². The quantitative estimate of drug-likeness (QED) is 0.395. The number of rotatable bonds is 6. The topological polar surface area (TPSA) is 63.8 Å². The lowest BCUT2D eigenvalue weighted by atomic mass is 10.2. The average Bonchev–Trinajstić information content (AvgIpc) is 3.12. The van der Waals surface area contributed by atoms with E-state index < -0.39 is 5.91 Å². The summed E-state index contributed by atoms with van der Waals surface area (Å²) >= 11 is 18.1. The first-order valence-corrected chi connectivity index (χ1v) is 9.32. The Morgan fingerprint density at radius 1 is 1.18 bits per heavy atom. The second kappa shape index (κ2) is 9.15. The normalized spacial score (nSPS) is 11.0. The summed E-state index contributed by atoms with van der Waals surface area (Å²) in [4.78, 5) is 11.9. The van der Waals surface area contributed by atoms with Crippen LogP contribution >= 0.6 is 34.8 Å². The zero-order valence-corrected chi connectivity index (χ0v) is 17.0. The van der Waals surface area contributed by atoms with Crippen molar-refractivity contribution in [1.82, 2.24) is 5.43 Å². The maximum atomic E-state index is 11.9. The summed E-state index contributed by atoms with van der Waals surface area (Å²) in [5.74, 6) is 1.16. The van der Waals surface area contributed by atoms with Crippen LogP contribution in [0.2, 0.25) is 15.1 Å². The van der Waals surface area contributed by atoms with Crippen molar-refractivity contribution in [3.05, 3.63) is 74.9 Å². The van der Waals surface area contributed by atoms with Gasteiger partial charge in [-0.2, -0.15) is 5.10 Å². The Kier molecular flexibility index (Phi) is 6.62. The van der Waals surface area contributed by atoms with Gasteiger partial charge in [0.2, 0.25) is 0 Å². The highest BCUT2D eigenvalue weighted by Gasteiger charge is 2.10. The molecule has 0 saturated carbocycles. The maximum absolute atomic E-state index is 11.9. The zero-order chi connectivity index (χ0) is 20.1. The predicted octanol–water partition coefficient (Wildman–Crippen LogP) is 5.74. The molecule has 8 heteroatoms. The number of carbonyl (C=O) groups excluding carboxylic acids is 1. The van der Waals surface area contributed by atoms with E-state index in [1.807, 2.05) is 6.92 Å². The number of amides is 1. The summed E-state index contributed by atoms with van der Waals surface area (Å²) in [7, 11) is 0. The molecular weight excluding hydrogens is 423 g/mol. The van der Waals surface area contributed by atoms with Crippen molar-refractivity contribution in [2.45, 2.75) is 6.92 Å². The monoisotopic (exact) mass is 436 g/mol. The lowest BCUT2D eigenvalue weighted by Gasteiger charge is -2.08. The second-order valence-electron chi connectivity index (χ2n) is 5.80. The van der Waals surface area contributed by atoms with Crippen LogP contribution in [-0.4, -0.2) is 18.7 Å². The van der Waals surface area contributed by atoms with E-state index in [0.717, 1.165) is 5.56 Å². The summed E-state index contributed by atoms with van der Waals surface area (Å²) in [6.45, 7) is 1.67. The van der Waals surface area contributed by atoms with Gasteiger partial charge in [-0.15, -0.1) is 0 Å². The van der Waals surface area contributed by atoms with Gasteiger partial charge in [-0.05, 0) is 55.0 Å². The van der Waals surface area contributed by atoms with E-state index in [4.69, 9.17) is 44.0 Å². The molecule has 1 aromatic heterocycles. The molecule has 0 bridgehead atoms. The Hall–Kier alpha value is -2.47. The van der Waals surface area contributed by atoms with Crippen LogP contribution in [0.25, 0.3) is 11.3 Å². The van der Waals surface area contributed by atoms with Gasteiger partial charge in [-0.25, -0.2) is 5.43 Å². The summed E-state index contributed by atoms with van der Waals surface area (Å²) in [6, 6.07) is 13.9. The van der Waals surface area contributed by atoms with Crippen LogP contribution < -0.4 is 10.2 Å². The van der Waals surface area contributed by atoms with Crippen LogP contribution in [-0.2, 0) is 4.79 Å². The number of halogens is 3. The molecule has 1 N–H and O–H groups in total. The lowest BCUT2D eigenvalue weighted by Crippen LogP contribution is -2.24. The molecule has 28 heavy (non-hydrogen) atoms. The van der Waals surface area contributed by atoms with Crippen LogP contribution in [0, 0.1) is 6.92 Å². The molecule has 0 unspecified atom stereocenters. The van der Waals surface area contributed by atoms with E-state index in [0.29, 0.717) is 37.9 Å². The zero-order valence-electron chi connectivity index (χ0n) is 14.7. The van der Waals surface area contributed by atoms with Crippen molar-refractivity contribution >= 4 is 46.9 Å². The molecule has 0 spiro atoms. The third-order valence-electron chi connectivity index (χ3n) is 3.72. The van der Waals surface area contributed by atoms with Crippen LogP contribution in [0.15, 0.2) is 58.0 Å². The van der Waals surface area contributed by atoms with Gasteiger partial charge >= 0.3 is 0 Å². The van der Waals surface area contributed by atoms with E-state index in [1.54, 1.807) is 48.5 Å². The van der Waals surface area contributed by atoms with Crippen molar-refractivity contribution in [1.29, 1.82) is 0 Å². The smallest absolute Gasteiger partial charge is 0.277 e.